The first-order valence-electron chi connectivity index (χ1n) is 6.11. The van der Waals surface area contributed by atoms with E-state index in [1.165, 1.54) is 5.56 Å². The van der Waals surface area contributed by atoms with E-state index in [1.807, 2.05) is 30.9 Å². The second-order valence-corrected chi connectivity index (χ2v) is 6.01. The van der Waals surface area contributed by atoms with Crippen LogP contribution in [0.2, 0.25) is 0 Å². The summed E-state index contributed by atoms with van der Waals surface area (Å²) in [6.07, 6.45) is 0.854. The Balaban J connectivity index is 2.06. The molecular weight excluding hydrogens is 212 g/mol. The Labute approximate surface area is 102 Å². The van der Waals surface area contributed by atoms with Crippen LogP contribution in [0.3, 0.4) is 0 Å². The molecule has 0 bridgehead atoms. The van der Waals surface area contributed by atoms with Crippen LogP contribution in [0.25, 0.3) is 0 Å². The third kappa shape index (κ3) is 1.38. The van der Waals surface area contributed by atoms with Crippen LogP contribution in [0.4, 0.5) is 5.69 Å². The fraction of sp³-hybridized carbons (Fsp3) is 0.500. The van der Waals surface area contributed by atoms with Gasteiger partial charge in [0.1, 0.15) is 5.66 Å². The van der Waals surface area contributed by atoms with Crippen molar-refractivity contribution in [2.45, 2.75) is 39.4 Å². The number of nitrogens with zero attached hydrogens (tertiary/aromatic N) is 1. The van der Waals surface area contributed by atoms with E-state index < -0.39 is 0 Å². The fourth-order valence-electron chi connectivity index (χ4n) is 3.22. The lowest BCUT2D eigenvalue weighted by Gasteiger charge is -2.41. The van der Waals surface area contributed by atoms with Crippen molar-refractivity contribution in [2.24, 2.45) is 5.41 Å². The minimum atomic E-state index is -0.260. The summed E-state index contributed by atoms with van der Waals surface area (Å²) < 4.78 is 0. The summed E-state index contributed by atoms with van der Waals surface area (Å²) in [5.41, 5.74) is 1.88. The average molecular weight is 230 g/mol. The molecule has 1 fully saturated rings. The predicted octanol–water partition coefficient (Wildman–Crippen LogP) is 2.59. The van der Waals surface area contributed by atoms with Crippen LogP contribution in [-0.2, 0) is 11.3 Å². The summed E-state index contributed by atoms with van der Waals surface area (Å²) >= 11 is 0. The number of hydrogen-bond donors (Lipinski definition) is 1. The zero-order valence-electron chi connectivity index (χ0n) is 10.6. The maximum absolute atomic E-state index is 12.4. The normalized spacial score (nSPS) is 29.6. The molecule has 3 rings (SSSR count). The van der Waals surface area contributed by atoms with Crippen molar-refractivity contribution >= 4 is 11.6 Å². The number of carbonyl (C=O) groups excluding carboxylic acids is 1. The number of para-hydroxylation sites is 1. The first-order valence-corrected chi connectivity index (χ1v) is 6.11. The molecule has 1 amide bonds. The average Bonchev–Trinajstić information content (AvgIpc) is 2.42. The van der Waals surface area contributed by atoms with Gasteiger partial charge in [0.2, 0.25) is 5.91 Å². The minimum Gasteiger partial charge on any atom is -0.363 e. The molecule has 0 aromatic heterocycles. The smallest absolute Gasteiger partial charge is 0.230 e. The second kappa shape index (κ2) is 3.03. The van der Waals surface area contributed by atoms with E-state index >= 15 is 0 Å². The van der Waals surface area contributed by atoms with E-state index in [-0.39, 0.29) is 17.0 Å². The van der Waals surface area contributed by atoms with Gasteiger partial charge in [-0.2, -0.15) is 0 Å². The largest absolute Gasteiger partial charge is 0.363 e. The summed E-state index contributed by atoms with van der Waals surface area (Å²) in [6.45, 7) is 6.91. The predicted molar refractivity (Wildman–Crippen MR) is 67.4 cm³/mol. The molecule has 2 heterocycles. The maximum atomic E-state index is 12.4. The van der Waals surface area contributed by atoms with Gasteiger partial charge in [0.15, 0.2) is 0 Å². The van der Waals surface area contributed by atoms with Crippen molar-refractivity contribution in [1.29, 1.82) is 0 Å². The molecule has 1 unspecified atom stereocenters. The molecule has 0 spiro atoms. The van der Waals surface area contributed by atoms with Crippen LogP contribution in [0.1, 0.15) is 32.8 Å². The van der Waals surface area contributed by atoms with Crippen molar-refractivity contribution in [3.05, 3.63) is 29.8 Å². The van der Waals surface area contributed by atoms with Crippen molar-refractivity contribution in [3.8, 4) is 0 Å². The SMILES string of the molecule is CC1(C)CC2(C)Nc3ccccc3CN2C1=O. The Morgan fingerprint density at radius 2 is 1.94 bits per heavy atom. The Morgan fingerprint density at radius 3 is 2.71 bits per heavy atom. The van der Waals surface area contributed by atoms with Crippen molar-refractivity contribution < 1.29 is 4.79 Å². The Hall–Kier alpha value is -1.51. The van der Waals surface area contributed by atoms with E-state index in [2.05, 4.69) is 24.4 Å². The van der Waals surface area contributed by atoms with Crippen LogP contribution in [0.15, 0.2) is 24.3 Å². The number of carbonyl (C=O) groups is 1. The van der Waals surface area contributed by atoms with Gasteiger partial charge in [0, 0.05) is 24.1 Å². The highest BCUT2D eigenvalue weighted by molar-refractivity contribution is 5.87. The first-order chi connectivity index (χ1) is 7.92. The molecule has 0 aliphatic carbocycles. The van der Waals surface area contributed by atoms with Gasteiger partial charge < -0.3 is 10.2 Å². The van der Waals surface area contributed by atoms with Gasteiger partial charge in [-0.1, -0.05) is 32.0 Å². The Kier molecular flexibility index (Phi) is 1.90. The minimum absolute atomic E-state index is 0.227. The third-order valence-corrected chi connectivity index (χ3v) is 3.96. The van der Waals surface area contributed by atoms with Crippen molar-refractivity contribution in [3.63, 3.8) is 0 Å². The Morgan fingerprint density at radius 1 is 1.24 bits per heavy atom. The van der Waals surface area contributed by atoms with E-state index in [0.29, 0.717) is 0 Å². The molecule has 90 valence electrons. The molecule has 2 aliphatic rings. The number of fused-ring (bicyclic) bond motifs is 2. The van der Waals surface area contributed by atoms with Gasteiger partial charge >= 0.3 is 0 Å². The topological polar surface area (TPSA) is 32.3 Å². The number of benzene rings is 1. The molecule has 17 heavy (non-hydrogen) atoms. The molecule has 1 aromatic rings. The molecular formula is C14H18N2O. The van der Waals surface area contributed by atoms with Crippen LogP contribution >= 0.6 is 0 Å². The van der Waals surface area contributed by atoms with Crippen molar-refractivity contribution in [2.75, 3.05) is 5.32 Å². The second-order valence-electron chi connectivity index (χ2n) is 6.01. The summed E-state index contributed by atoms with van der Waals surface area (Å²) in [5, 5.41) is 3.53. The van der Waals surface area contributed by atoms with Gasteiger partial charge in [0.25, 0.3) is 0 Å². The third-order valence-electron chi connectivity index (χ3n) is 3.96. The van der Waals surface area contributed by atoms with Gasteiger partial charge in [-0.15, -0.1) is 0 Å². The van der Waals surface area contributed by atoms with E-state index in [0.717, 1.165) is 18.7 Å². The fourth-order valence-corrected chi connectivity index (χ4v) is 3.22. The Bertz CT molecular complexity index is 495. The number of anilines is 1. The molecule has 2 aliphatic heterocycles. The standard InChI is InChI=1S/C14H18N2O/c1-13(2)9-14(3)15-11-7-5-4-6-10(11)8-16(14)12(13)17/h4-7,15H,8-9H2,1-3H3. The number of rotatable bonds is 0. The van der Waals surface area contributed by atoms with Crippen LogP contribution < -0.4 is 5.32 Å². The summed E-state index contributed by atoms with van der Waals surface area (Å²) in [4.78, 5) is 14.3. The number of hydrogen-bond acceptors (Lipinski definition) is 2. The van der Waals surface area contributed by atoms with Crippen LogP contribution in [-0.4, -0.2) is 16.5 Å². The van der Waals surface area contributed by atoms with E-state index in [9.17, 15) is 4.79 Å². The number of nitrogens with one attached hydrogen (secondary N) is 1. The maximum Gasteiger partial charge on any atom is 0.230 e. The summed E-state index contributed by atoms with van der Waals surface area (Å²) in [5.74, 6) is 0.252. The number of amides is 1. The highest BCUT2D eigenvalue weighted by atomic mass is 16.2. The molecule has 3 nitrogen and oxygen atoms in total. The zero-order valence-corrected chi connectivity index (χ0v) is 10.6. The molecule has 0 saturated carbocycles. The van der Waals surface area contributed by atoms with E-state index in [4.69, 9.17) is 0 Å². The molecule has 1 aromatic carbocycles. The van der Waals surface area contributed by atoms with Gasteiger partial charge in [-0.25, -0.2) is 0 Å². The molecule has 1 N–H and O–H groups in total. The van der Waals surface area contributed by atoms with Gasteiger partial charge in [0.05, 0.1) is 0 Å². The zero-order chi connectivity index (χ0) is 12.3. The van der Waals surface area contributed by atoms with Gasteiger partial charge in [-0.05, 0) is 18.6 Å². The molecule has 1 saturated heterocycles. The first kappa shape index (κ1) is 10.6. The summed E-state index contributed by atoms with van der Waals surface area (Å²) in [6, 6.07) is 8.23. The molecule has 1 atom stereocenters. The lowest BCUT2D eigenvalue weighted by molar-refractivity contribution is -0.137. The summed E-state index contributed by atoms with van der Waals surface area (Å²) in [7, 11) is 0. The van der Waals surface area contributed by atoms with E-state index in [1.54, 1.807) is 0 Å². The monoisotopic (exact) mass is 230 g/mol. The molecule has 0 radical (unpaired) electrons. The lowest BCUT2D eigenvalue weighted by atomic mass is 9.88. The van der Waals surface area contributed by atoms with Crippen LogP contribution in [0.5, 0.6) is 0 Å². The quantitative estimate of drug-likeness (QED) is 0.743. The lowest BCUT2D eigenvalue weighted by Crippen LogP contribution is -2.51. The van der Waals surface area contributed by atoms with Gasteiger partial charge in [-0.3, -0.25) is 4.79 Å². The highest BCUT2D eigenvalue weighted by Gasteiger charge is 2.53. The van der Waals surface area contributed by atoms with Crippen LogP contribution in [0, 0.1) is 5.41 Å². The molecule has 3 heteroatoms. The highest BCUT2D eigenvalue weighted by Crippen LogP contribution is 2.46. The van der Waals surface area contributed by atoms with Crippen molar-refractivity contribution in [1.82, 2.24) is 4.90 Å².